The summed E-state index contributed by atoms with van der Waals surface area (Å²) in [5.41, 5.74) is 0.149. The van der Waals surface area contributed by atoms with E-state index < -0.39 is 0 Å². The fourth-order valence-corrected chi connectivity index (χ4v) is 9.39. The SMILES string of the molecule is CC(=O)OCC(C)CCC(=O)[C@@H](C)[C@H]1C(=O)C[C@H]2[C@@H]3CCC4CC(OC(C)=O)CC[C@]4(C)[C@H]3CC[C@]12C. The molecule has 0 amide bonds. The second-order valence-corrected chi connectivity index (χ2v) is 13.6. The molecule has 0 N–H and O–H groups in total. The highest BCUT2D eigenvalue weighted by Gasteiger charge is 2.63. The molecule has 4 aliphatic carbocycles. The van der Waals surface area contributed by atoms with Gasteiger partial charge in [-0.3, -0.25) is 19.2 Å². The minimum absolute atomic E-state index is 0.0574. The van der Waals surface area contributed by atoms with Crippen LogP contribution in [-0.2, 0) is 28.7 Å². The molecule has 0 aromatic rings. The van der Waals surface area contributed by atoms with Gasteiger partial charge in [0.2, 0.25) is 0 Å². The van der Waals surface area contributed by atoms with Crippen molar-refractivity contribution in [1.29, 1.82) is 0 Å². The number of rotatable bonds is 8. The van der Waals surface area contributed by atoms with Crippen molar-refractivity contribution in [2.75, 3.05) is 6.61 Å². The van der Waals surface area contributed by atoms with Crippen LogP contribution in [0.2, 0.25) is 0 Å². The summed E-state index contributed by atoms with van der Waals surface area (Å²) >= 11 is 0. The lowest BCUT2D eigenvalue weighted by molar-refractivity contribution is -0.160. The van der Waals surface area contributed by atoms with Gasteiger partial charge in [0.05, 0.1) is 6.61 Å². The predicted molar refractivity (Wildman–Crippen MR) is 140 cm³/mol. The maximum atomic E-state index is 13.5. The summed E-state index contributed by atoms with van der Waals surface area (Å²) in [7, 11) is 0. The minimum atomic E-state index is -0.294. The number of hydrogen-bond acceptors (Lipinski definition) is 6. The van der Waals surface area contributed by atoms with Gasteiger partial charge in [-0.05, 0) is 91.8 Å². The molecule has 0 bridgehead atoms. The maximum absolute atomic E-state index is 13.5. The van der Waals surface area contributed by atoms with Crippen molar-refractivity contribution in [2.24, 2.45) is 52.3 Å². The summed E-state index contributed by atoms with van der Waals surface area (Å²) in [5, 5.41) is 0. The molecule has 208 valence electrons. The van der Waals surface area contributed by atoms with Gasteiger partial charge < -0.3 is 9.47 Å². The molecule has 4 rings (SSSR count). The summed E-state index contributed by atoms with van der Waals surface area (Å²) in [6.07, 6.45) is 9.26. The fourth-order valence-electron chi connectivity index (χ4n) is 9.39. The number of ether oxygens (including phenoxy) is 2. The van der Waals surface area contributed by atoms with Gasteiger partial charge in [-0.2, -0.15) is 0 Å². The van der Waals surface area contributed by atoms with E-state index >= 15 is 0 Å². The van der Waals surface area contributed by atoms with Crippen molar-refractivity contribution in [3.63, 3.8) is 0 Å². The molecule has 0 aromatic carbocycles. The van der Waals surface area contributed by atoms with Crippen LogP contribution in [0.15, 0.2) is 0 Å². The normalized spacial score (nSPS) is 40.5. The minimum Gasteiger partial charge on any atom is -0.466 e. The van der Waals surface area contributed by atoms with Gasteiger partial charge in [0.15, 0.2) is 0 Å². The average molecular weight is 517 g/mol. The van der Waals surface area contributed by atoms with Gasteiger partial charge in [0.1, 0.15) is 17.7 Å². The highest BCUT2D eigenvalue weighted by molar-refractivity contribution is 5.92. The molecular weight excluding hydrogens is 468 g/mol. The smallest absolute Gasteiger partial charge is 0.302 e. The Morgan fingerprint density at radius 3 is 2.32 bits per heavy atom. The summed E-state index contributed by atoms with van der Waals surface area (Å²) in [4.78, 5) is 49.4. The van der Waals surface area contributed by atoms with Crippen LogP contribution in [0.25, 0.3) is 0 Å². The van der Waals surface area contributed by atoms with Gasteiger partial charge in [-0.15, -0.1) is 0 Å². The Morgan fingerprint density at radius 2 is 1.65 bits per heavy atom. The van der Waals surface area contributed by atoms with E-state index in [1.165, 1.54) is 13.8 Å². The Bertz CT molecular complexity index is 911. The third kappa shape index (κ3) is 5.41. The Labute approximate surface area is 223 Å². The summed E-state index contributed by atoms with van der Waals surface area (Å²) < 4.78 is 10.7. The lowest BCUT2D eigenvalue weighted by atomic mass is 9.44. The van der Waals surface area contributed by atoms with Crippen molar-refractivity contribution in [3.05, 3.63) is 0 Å². The van der Waals surface area contributed by atoms with Gasteiger partial charge in [0.25, 0.3) is 0 Å². The molecule has 0 saturated heterocycles. The molecule has 6 nitrogen and oxygen atoms in total. The first-order valence-electron chi connectivity index (χ1n) is 14.7. The Kier molecular flexibility index (Phi) is 8.26. The average Bonchev–Trinajstić information content (AvgIpc) is 3.10. The molecule has 4 saturated carbocycles. The van der Waals surface area contributed by atoms with E-state index in [0.29, 0.717) is 55.3 Å². The molecular formula is C31H48O6. The van der Waals surface area contributed by atoms with Crippen LogP contribution in [0.5, 0.6) is 0 Å². The van der Waals surface area contributed by atoms with Crippen molar-refractivity contribution in [2.45, 2.75) is 112 Å². The van der Waals surface area contributed by atoms with Crippen molar-refractivity contribution in [1.82, 2.24) is 0 Å². The molecule has 0 aromatic heterocycles. The summed E-state index contributed by atoms with van der Waals surface area (Å²) in [5.74, 6) is 1.81. The van der Waals surface area contributed by atoms with Gasteiger partial charge in [-0.1, -0.05) is 27.7 Å². The lowest BCUT2D eigenvalue weighted by Gasteiger charge is -2.61. The number of Topliss-reactive ketones (excluding diaryl/α,β-unsaturated/α-hetero) is 2. The largest absolute Gasteiger partial charge is 0.466 e. The van der Waals surface area contributed by atoms with Gasteiger partial charge >= 0.3 is 11.9 Å². The molecule has 0 aliphatic heterocycles. The predicted octanol–water partition coefficient (Wildman–Crippen LogP) is 5.94. The summed E-state index contributed by atoms with van der Waals surface area (Å²) in [6, 6.07) is 0. The lowest BCUT2D eigenvalue weighted by Crippen LogP contribution is -2.54. The van der Waals surface area contributed by atoms with E-state index in [-0.39, 0.29) is 52.4 Å². The molecule has 37 heavy (non-hydrogen) atoms. The van der Waals surface area contributed by atoms with Crippen LogP contribution in [-0.4, -0.2) is 36.2 Å². The molecule has 6 heteroatoms. The van der Waals surface area contributed by atoms with E-state index in [1.54, 1.807) is 0 Å². The molecule has 0 radical (unpaired) electrons. The third-order valence-corrected chi connectivity index (χ3v) is 11.3. The first-order chi connectivity index (χ1) is 17.4. The zero-order valence-electron chi connectivity index (χ0n) is 23.8. The van der Waals surface area contributed by atoms with E-state index in [4.69, 9.17) is 9.47 Å². The second kappa shape index (κ2) is 10.8. The second-order valence-electron chi connectivity index (χ2n) is 13.6. The Hall–Kier alpha value is -1.72. The number of hydrogen-bond donors (Lipinski definition) is 0. The fraction of sp³-hybridized carbons (Fsp3) is 0.871. The van der Waals surface area contributed by atoms with Crippen LogP contribution in [0, 0.1) is 52.3 Å². The van der Waals surface area contributed by atoms with E-state index in [2.05, 4.69) is 13.8 Å². The zero-order chi connectivity index (χ0) is 27.1. The van der Waals surface area contributed by atoms with Crippen LogP contribution in [0.1, 0.15) is 106 Å². The molecule has 0 heterocycles. The number of carbonyl (C=O) groups excluding carboxylic acids is 4. The third-order valence-electron chi connectivity index (χ3n) is 11.3. The summed E-state index contributed by atoms with van der Waals surface area (Å²) in [6.45, 7) is 12.0. The number of fused-ring (bicyclic) bond motifs is 5. The van der Waals surface area contributed by atoms with Crippen molar-refractivity contribution >= 4 is 23.5 Å². The van der Waals surface area contributed by atoms with Crippen LogP contribution >= 0.6 is 0 Å². The monoisotopic (exact) mass is 516 g/mol. The van der Waals surface area contributed by atoms with E-state index in [9.17, 15) is 19.2 Å². The zero-order valence-corrected chi connectivity index (χ0v) is 23.8. The van der Waals surface area contributed by atoms with Crippen LogP contribution < -0.4 is 0 Å². The number of ketones is 2. The van der Waals surface area contributed by atoms with Crippen molar-refractivity contribution in [3.8, 4) is 0 Å². The molecule has 10 atom stereocenters. The molecule has 4 aliphatic rings. The number of carbonyl (C=O) groups is 4. The Balaban J connectivity index is 1.42. The molecule has 0 spiro atoms. The standard InChI is InChI=1S/C31H48O6/c1-18(17-36-20(3)32)7-10-27(34)19(2)29-28(35)16-26-24-9-8-22-15-23(37-21(4)33)11-13-30(22,5)25(24)12-14-31(26,29)6/h18-19,22-26,29H,7-17H2,1-6H3/t18?,19-,22?,23?,24-,25+,26+,29+,30+,31+/m1/s1. The first kappa shape index (κ1) is 28.3. The van der Waals surface area contributed by atoms with Crippen LogP contribution in [0.4, 0.5) is 0 Å². The highest BCUT2D eigenvalue weighted by atomic mass is 16.5. The quantitative estimate of drug-likeness (QED) is 0.371. The Morgan fingerprint density at radius 1 is 0.946 bits per heavy atom. The maximum Gasteiger partial charge on any atom is 0.302 e. The number of esters is 2. The van der Waals surface area contributed by atoms with E-state index in [1.807, 2.05) is 13.8 Å². The van der Waals surface area contributed by atoms with Crippen LogP contribution in [0.3, 0.4) is 0 Å². The molecule has 4 fully saturated rings. The van der Waals surface area contributed by atoms with E-state index in [0.717, 1.165) is 44.9 Å². The van der Waals surface area contributed by atoms with Crippen molar-refractivity contribution < 1.29 is 28.7 Å². The highest BCUT2D eigenvalue weighted by Crippen LogP contribution is 2.67. The first-order valence-corrected chi connectivity index (χ1v) is 14.7. The molecule has 3 unspecified atom stereocenters. The van der Waals surface area contributed by atoms with Gasteiger partial charge in [0, 0.05) is 38.5 Å². The van der Waals surface area contributed by atoms with Gasteiger partial charge in [-0.25, -0.2) is 0 Å². The topological polar surface area (TPSA) is 86.7 Å².